The molecule has 0 saturated heterocycles. The zero-order valence-electron chi connectivity index (χ0n) is 12.8. The van der Waals surface area contributed by atoms with Gasteiger partial charge in [0.2, 0.25) is 0 Å². The highest BCUT2D eigenvalue weighted by molar-refractivity contribution is 5.78. The van der Waals surface area contributed by atoms with Crippen molar-refractivity contribution in [2.24, 2.45) is 0 Å². The standard InChI is InChI=1S/C19H22O2/c1-15-4-3-5-17(14-15)7-11-18(20)10-6-16-8-12-19(21-2)13-9-16/h3-5,8-9,12-14H,6-7,10-11H2,1-2H3. The third-order valence-electron chi connectivity index (χ3n) is 3.63. The summed E-state index contributed by atoms with van der Waals surface area (Å²) in [7, 11) is 1.66. The smallest absolute Gasteiger partial charge is 0.133 e. The molecule has 0 unspecified atom stereocenters. The number of carbonyl (C=O) groups excluding carboxylic acids is 1. The van der Waals surface area contributed by atoms with Gasteiger partial charge in [0.1, 0.15) is 11.5 Å². The van der Waals surface area contributed by atoms with Crippen LogP contribution in [-0.4, -0.2) is 12.9 Å². The van der Waals surface area contributed by atoms with Gasteiger partial charge in [-0.3, -0.25) is 4.79 Å². The fraction of sp³-hybridized carbons (Fsp3) is 0.316. The number of aryl methyl sites for hydroxylation is 3. The zero-order chi connectivity index (χ0) is 15.1. The second-order valence-corrected chi connectivity index (χ2v) is 5.38. The molecule has 2 aromatic carbocycles. The van der Waals surface area contributed by atoms with Gasteiger partial charge in [-0.2, -0.15) is 0 Å². The van der Waals surface area contributed by atoms with Gasteiger partial charge in [-0.25, -0.2) is 0 Å². The first kappa shape index (κ1) is 15.3. The summed E-state index contributed by atoms with van der Waals surface area (Å²) in [6, 6.07) is 16.3. The second kappa shape index (κ2) is 7.63. The summed E-state index contributed by atoms with van der Waals surface area (Å²) in [4.78, 5) is 12.0. The van der Waals surface area contributed by atoms with Gasteiger partial charge < -0.3 is 4.74 Å². The quantitative estimate of drug-likeness (QED) is 0.763. The van der Waals surface area contributed by atoms with Gasteiger partial charge in [0.25, 0.3) is 0 Å². The van der Waals surface area contributed by atoms with Gasteiger partial charge in [0, 0.05) is 12.8 Å². The van der Waals surface area contributed by atoms with Crippen LogP contribution >= 0.6 is 0 Å². The molecule has 0 bridgehead atoms. The van der Waals surface area contributed by atoms with Crippen LogP contribution in [0.2, 0.25) is 0 Å². The minimum Gasteiger partial charge on any atom is -0.497 e. The Morgan fingerprint density at radius 3 is 2.24 bits per heavy atom. The lowest BCUT2D eigenvalue weighted by atomic mass is 10.0. The molecule has 0 spiro atoms. The molecule has 2 heteroatoms. The Morgan fingerprint density at radius 2 is 1.62 bits per heavy atom. The molecule has 0 N–H and O–H groups in total. The van der Waals surface area contributed by atoms with E-state index in [0.717, 1.165) is 18.6 Å². The first-order chi connectivity index (χ1) is 10.2. The first-order valence-electron chi connectivity index (χ1n) is 7.37. The van der Waals surface area contributed by atoms with Crippen molar-refractivity contribution in [3.63, 3.8) is 0 Å². The summed E-state index contributed by atoms with van der Waals surface area (Å²) >= 11 is 0. The predicted molar refractivity (Wildman–Crippen MR) is 85.8 cm³/mol. The highest BCUT2D eigenvalue weighted by Crippen LogP contribution is 2.13. The molecule has 110 valence electrons. The van der Waals surface area contributed by atoms with E-state index in [9.17, 15) is 4.79 Å². The fourth-order valence-corrected chi connectivity index (χ4v) is 2.35. The van der Waals surface area contributed by atoms with E-state index in [1.54, 1.807) is 7.11 Å². The third-order valence-corrected chi connectivity index (χ3v) is 3.63. The maximum atomic E-state index is 12.0. The van der Waals surface area contributed by atoms with Crippen LogP contribution in [0.3, 0.4) is 0 Å². The van der Waals surface area contributed by atoms with Crippen LogP contribution < -0.4 is 4.74 Å². The molecule has 2 nitrogen and oxygen atoms in total. The van der Waals surface area contributed by atoms with Crippen LogP contribution in [0.25, 0.3) is 0 Å². The van der Waals surface area contributed by atoms with Crippen molar-refractivity contribution in [2.45, 2.75) is 32.6 Å². The predicted octanol–water partition coefficient (Wildman–Crippen LogP) is 4.14. The van der Waals surface area contributed by atoms with Crippen LogP contribution in [0.1, 0.15) is 29.5 Å². The van der Waals surface area contributed by atoms with Gasteiger partial charge in [0.05, 0.1) is 7.11 Å². The number of benzene rings is 2. The van der Waals surface area contributed by atoms with Crippen LogP contribution in [0.5, 0.6) is 5.75 Å². The molecule has 0 atom stereocenters. The summed E-state index contributed by atoms with van der Waals surface area (Å²) in [5.41, 5.74) is 3.67. The number of hydrogen-bond donors (Lipinski definition) is 0. The molecule has 0 aliphatic heterocycles. The Bertz CT molecular complexity index is 585. The van der Waals surface area contributed by atoms with Crippen molar-refractivity contribution >= 4 is 5.78 Å². The van der Waals surface area contributed by atoms with E-state index in [0.29, 0.717) is 18.6 Å². The van der Waals surface area contributed by atoms with Crippen molar-refractivity contribution in [3.05, 3.63) is 65.2 Å². The molecule has 0 heterocycles. The summed E-state index contributed by atoms with van der Waals surface area (Å²) in [5, 5.41) is 0. The minimum absolute atomic E-state index is 0.326. The first-order valence-corrected chi connectivity index (χ1v) is 7.37. The number of methoxy groups -OCH3 is 1. The van der Waals surface area contributed by atoms with Gasteiger partial charge in [-0.05, 0) is 43.0 Å². The molecule has 2 aromatic rings. The molecule has 21 heavy (non-hydrogen) atoms. The molecule has 0 aliphatic carbocycles. The van der Waals surface area contributed by atoms with Crippen LogP contribution in [0, 0.1) is 6.92 Å². The minimum atomic E-state index is 0.326. The van der Waals surface area contributed by atoms with E-state index >= 15 is 0 Å². The van der Waals surface area contributed by atoms with E-state index < -0.39 is 0 Å². The summed E-state index contributed by atoms with van der Waals surface area (Å²) in [5.74, 6) is 1.18. The molecular formula is C19H22O2. The lowest BCUT2D eigenvalue weighted by Crippen LogP contribution is -2.02. The van der Waals surface area contributed by atoms with E-state index in [4.69, 9.17) is 4.74 Å². The number of ether oxygens (including phenoxy) is 1. The molecule has 0 radical (unpaired) electrons. The van der Waals surface area contributed by atoms with Crippen LogP contribution in [0.4, 0.5) is 0 Å². The molecule has 0 amide bonds. The zero-order valence-corrected chi connectivity index (χ0v) is 12.8. The van der Waals surface area contributed by atoms with Gasteiger partial charge in [0.15, 0.2) is 0 Å². The Labute approximate surface area is 126 Å². The molecule has 2 rings (SSSR count). The average Bonchev–Trinajstić information content (AvgIpc) is 2.51. The lowest BCUT2D eigenvalue weighted by Gasteiger charge is -2.04. The number of rotatable bonds is 7. The highest BCUT2D eigenvalue weighted by Gasteiger charge is 2.04. The fourth-order valence-electron chi connectivity index (χ4n) is 2.35. The topological polar surface area (TPSA) is 26.3 Å². The van der Waals surface area contributed by atoms with Crippen molar-refractivity contribution in [1.82, 2.24) is 0 Å². The van der Waals surface area contributed by atoms with Gasteiger partial charge in [-0.15, -0.1) is 0 Å². The average molecular weight is 282 g/mol. The second-order valence-electron chi connectivity index (χ2n) is 5.38. The third kappa shape index (κ3) is 5.07. The molecular weight excluding hydrogens is 260 g/mol. The normalized spacial score (nSPS) is 10.4. The van der Waals surface area contributed by atoms with Crippen molar-refractivity contribution in [1.29, 1.82) is 0 Å². The van der Waals surface area contributed by atoms with Crippen molar-refractivity contribution in [3.8, 4) is 5.75 Å². The maximum absolute atomic E-state index is 12.0. The Kier molecular flexibility index (Phi) is 5.56. The number of Topliss-reactive ketones (excluding diaryl/α,β-unsaturated/α-hetero) is 1. The molecule has 0 fully saturated rings. The Balaban J connectivity index is 1.76. The number of hydrogen-bond acceptors (Lipinski definition) is 2. The maximum Gasteiger partial charge on any atom is 0.133 e. The molecule has 0 saturated carbocycles. The summed E-state index contributed by atoms with van der Waals surface area (Å²) in [6.07, 6.45) is 2.87. The van der Waals surface area contributed by atoms with E-state index in [-0.39, 0.29) is 0 Å². The highest BCUT2D eigenvalue weighted by atomic mass is 16.5. The number of ketones is 1. The van der Waals surface area contributed by atoms with Crippen LogP contribution in [-0.2, 0) is 17.6 Å². The summed E-state index contributed by atoms with van der Waals surface area (Å²) in [6.45, 7) is 2.08. The monoisotopic (exact) mass is 282 g/mol. The van der Waals surface area contributed by atoms with Gasteiger partial charge in [-0.1, -0.05) is 42.0 Å². The van der Waals surface area contributed by atoms with E-state index in [1.165, 1.54) is 16.7 Å². The molecule has 0 aromatic heterocycles. The number of carbonyl (C=O) groups is 1. The Hall–Kier alpha value is -2.09. The summed E-state index contributed by atoms with van der Waals surface area (Å²) < 4.78 is 5.13. The van der Waals surface area contributed by atoms with E-state index in [1.807, 2.05) is 30.3 Å². The lowest BCUT2D eigenvalue weighted by molar-refractivity contribution is -0.119. The van der Waals surface area contributed by atoms with Gasteiger partial charge >= 0.3 is 0 Å². The SMILES string of the molecule is COc1ccc(CCC(=O)CCc2cccc(C)c2)cc1. The van der Waals surface area contributed by atoms with Crippen molar-refractivity contribution < 1.29 is 9.53 Å². The van der Waals surface area contributed by atoms with Crippen LogP contribution in [0.15, 0.2) is 48.5 Å². The van der Waals surface area contributed by atoms with E-state index in [2.05, 4.69) is 25.1 Å². The molecule has 0 aliphatic rings. The Morgan fingerprint density at radius 1 is 0.952 bits per heavy atom. The van der Waals surface area contributed by atoms with Crippen molar-refractivity contribution in [2.75, 3.05) is 7.11 Å². The largest absolute Gasteiger partial charge is 0.497 e.